The molecular formula is C20H21ClN2O6. The van der Waals surface area contributed by atoms with Crippen LogP contribution in [0.1, 0.15) is 15.9 Å². The number of methoxy groups -OCH3 is 2. The van der Waals surface area contributed by atoms with Gasteiger partial charge in [0.2, 0.25) is 0 Å². The Morgan fingerprint density at radius 1 is 0.966 bits per heavy atom. The molecular weight excluding hydrogens is 400 g/mol. The molecule has 0 saturated heterocycles. The fourth-order valence-corrected chi connectivity index (χ4v) is 2.50. The van der Waals surface area contributed by atoms with Crippen LogP contribution >= 0.6 is 11.6 Å². The first kappa shape index (κ1) is 22.0. The van der Waals surface area contributed by atoms with Crippen LogP contribution in [0.3, 0.4) is 0 Å². The topological polar surface area (TPSA) is 103 Å². The molecule has 0 atom stereocenters. The van der Waals surface area contributed by atoms with Crippen LogP contribution in [0.2, 0.25) is 5.02 Å². The smallest absolute Gasteiger partial charge is 0.325 e. The van der Waals surface area contributed by atoms with Crippen LogP contribution in [0.15, 0.2) is 42.5 Å². The van der Waals surface area contributed by atoms with Gasteiger partial charge in [0.15, 0.2) is 6.61 Å². The molecule has 2 rings (SSSR count). The van der Waals surface area contributed by atoms with Gasteiger partial charge < -0.3 is 24.8 Å². The molecule has 2 aromatic carbocycles. The third kappa shape index (κ3) is 7.34. The molecule has 0 fully saturated rings. The van der Waals surface area contributed by atoms with Gasteiger partial charge in [-0.25, -0.2) is 0 Å². The van der Waals surface area contributed by atoms with E-state index in [-0.39, 0.29) is 18.7 Å². The molecule has 8 nitrogen and oxygen atoms in total. The number of rotatable bonds is 9. The van der Waals surface area contributed by atoms with Crippen molar-refractivity contribution in [3.63, 3.8) is 0 Å². The lowest BCUT2D eigenvalue weighted by molar-refractivity contribution is -0.147. The lowest BCUT2D eigenvalue weighted by Gasteiger charge is -2.10. The van der Waals surface area contributed by atoms with Gasteiger partial charge in [-0.15, -0.1) is 0 Å². The highest BCUT2D eigenvalue weighted by Gasteiger charge is 2.13. The van der Waals surface area contributed by atoms with E-state index < -0.39 is 24.4 Å². The molecule has 9 heteroatoms. The van der Waals surface area contributed by atoms with Crippen LogP contribution in [0.5, 0.6) is 11.5 Å². The summed E-state index contributed by atoms with van der Waals surface area (Å²) in [5.74, 6) is -0.847. The highest BCUT2D eigenvalue weighted by molar-refractivity contribution is 6.30. The fourth-order valence-electron chi connectivity index (χ4n) is 2.29. The Morgan fingerprint density at radius 2 is 1.66 bits per heavy atom. The summed E-state index contributed by atoms with van der Waals surface area (Å²) in [6.45, 7) is -0.590. The van der Waals surface area contributed by atoms with Crippen molar-refractivity contribution in [2.75, 3.05) is 27.4 Å². The van der Waals surface area contributed by atoms with E-state index in [0.717, 1.165) is 5.56 Å². The van der Waals surface area contributed by atoms with Crippen molar-refractivity contribution >= 4 is 29.4 Å². The highest BCUT2D eigenvalue weighted by atomic mass is 35.5. The van der Waals surface area contributed by atoms with E-state index in [4.69, 9.17) is 25.8 Å². The zero-order valence-electron chi connectivity index (χ0n) is 16.0. The number of ether oxygens (including phenoxy) is 3. The van der Waals surface area contributed by atoms with E-state index in [1.165, 1.54) is 26.4 Å². The third-order valence-corrected chi connectivity index (χ3v) is 3.98. The summed E-state index contributed by atoms with van der Waals surface area (Å²) in [6, 6.07) is 11.7. The molecule has 0 aliphatic heterocycles. The zero-order valence-corrected chi connectivity index (χ0v) is 16.7. The first-order valence-electron chi connectivity index (χ1n) is 8.59. The predicted molar refractivity (Wildman–Crippen MR) is 106 cm³/mol. The minimum absolute atomic E-state index is 0.255. The van der Waals surface area contributed by atoms with Crippen LogP contribution in [0.25, 0.3) is 0 Å². The molecule has 0 radical (unpaired) electrons. The van der Waals surface area contributed by atoms with Crippen LogP contribution in [-0.4, -0.2) is 45.2 Å². The summed E-state index contributed by atoms with van der Waals surface area (Å²) in [5, 5.41) is 5.59. The number of hydrogen-bond donors (Lipinski definition) is 2. The normalized spacial score (nSPS) is 10.0. The highest BCUT2D eigenvalue weighted by Crippen LogP contribution is 2.22. The molecule has 154 valence electrons. The Labute approximate surface area is 173 Å². The second-order valence-electron chi connectivity index (χ2n) is 5.85. The summed E-state index contributed by atoms with van der Waals surface area (Å²) in [4.78, 5) is 35.7. The van der Waals surface area contributed by atoms with Crippen molar-refractivity contribution in [2.45, 2.75) is 6.54 Å². The standard InChI is InChI=1S/C20H21ClN2O6/c1-27-16-7-14(8-17(9-16)28-2)20(26)23-11-19(25)29-12-18(24)22-10-13-4-3-5-15(21)6-13/h3-9H,10-12H2,1-2H3,(H,22,24)(H,23,26). The van der Waals surface area contributed by atoms with E-state index in [1.54, 1.807) is 30.3 Å². The molecule has 0 aromatic heterocycles. The Bertz CT molecular complexity index is 865. The molecule has 0 aliphatic rings. The van der Waals surface area contributed by atoms with E-state index in [1.807, 2.05) is 0 Å². The molecule has 0 unspecified atom stereocenters. The summed E-state index contributed by atoms with van der Waals surface area (Å²) in [5.41, 5.74) is 1.08. The van der Waals surface area contributed by atoms with Crippen molar-refractivity contribution in [1.82, 2.24) is 10.6 Å². The summed E-state index contributed by atoms with van der Waals surface area (Å²) in [6.07, 6.45) is 0. The number of nitrogens with one attached hydrogen (secondary N) is 2. The molecule has 2 amide bonds. The summed E-state index contributed by atoms with van der Waals surface area (Å²) in [7, 11) is 2.93. The SMILES string of the molecule is COc1cc(OC)cc(C(=O)NCC(=O)OCC(=O)NCc2cccc(Cl)c2)c1. The zero-order chi connectivity index (χ0) is 21.2. The molecule has 29 heavy (non-hydrogen) atoms. The van der Waals surface area contributed by atoms with Crippen molar-refractivity contribution in [3.05, 3.63) is 58.6 Å². The molecule has 0 aliphatic carbocycles. The third-order valence-electron chi connectivity index (χ3n) is 3.75. The number of halogens is 1. The van der Waals surface area contributed by atoms with Gasteiger partial charge in [0.05, 0.1) is 14.2 Å². The van der Waals surface area contributed by atoms with Crippen molar-refractivity contribution in [1.29, 1.82) is 0 Å². The van der Waals surface area contributed by atoms with E-state index in [0.29, 0.717) is 16.5 Å². The average molecular weight is 421 g/mol. The van der Waals surface area contributed by atoms with Crippen molar-refractivity contribution < 1.29 is 28.6 Å². The largest absolute Gasteiger partial charge is 0.497 e. The maximum atomic E-state index is 12.2. The maximum absolute atomic E-state index is 12.2. The lowest BCUT2D eigenvalue weighted by atomic mass is 10.2. The number of benzene rings is 2. The van der Waals surface area contributed by atoms with Crippen LogP contribution in [0, 0.1) is 0 Å². The van der Waals surface area contributed by atoms with Gasteiger partial charge in [0.1, 0.15) is 18.0 Å². The van der Waals surface area contributed by atoms with Crippen LogP contribution in [0.4, 0.5) is 0 Å². The molecule has 2 N–H and O–H groups in total. The van der Waals surface area contributed by atoms with Gasteiger partial charge in [-0.2, -0.15) is 0 Å². The second-order valence-corrected chi connectivity index (χ2v) is 6.29. The van der Waals surface area contributed by atoms with Crippen LogP contribution in [-0.2, 0) is 20.9 Å². The lowest BCUT2D eigenvalue weighted by Crippen LogP contribution is -2.33. The van der Waals surface area contributed by atoms with Crippen molar-refractivity contribution in [2.24, 2.45) is 0 Å². The van der Waals surface area contributed by atoms with Gasteiger partial charge in [0.25, 0.3) is 11.8 Å². The Kier molecular flexibility index (Phi) is 8.29. The Morgan fingerprint density at radius 3 is 2.28 bits per heavy atom. The molecule has 2 aromatic rings. The molecule has 0 bridgehead atoms. The van der Waals surface area contributed by atoms with Gasteiger partial charge in [-0.05, 0) is 29.8 Å². The minimum atomic E-state index is -0.744. The van der Waals surface area contributed by atoms with Gasteiger partial charge in [-0.1, -0.05) is 23.7 Å². The number of carbonyl (C=O) groups is 3. The minimum Gasteiger partial charge on any atom is -0.497 e. The first-order valence-corrected chi connectivity index (χ1v) is 8.97. The predicted octanol–water partition coefficient (Wildman–Crippen LogP) is 1.95. The Hall–Kier alpha value is -3.26. The number of carbonyl (C=O) groups excluding carboxylic acids is 3. The van der Waals surface area contributed by atoms with E-state index >= 15 is 0 Å². The van der Waals surface area contributed by atoms with Crippen LogP contribution < -0.4 is 20.1 Å². The summed E-state index contributed by atoms with van der Waals surface area (Å²) >= 11 is 5.87. The number of esters is 1. The van der Waals surface area contributed by atoms with Gasteiger partial charge in [-0.3, -0.25) is 14.4 Å². The van der Waals surface area contributed by atoms with Gasteiger partial charge in [0, 0.05) is 23.2 Å². The van der Waals surface area contributed by atoms with E-state index in [2.05, 4.69) is 10.6 Å². The summed E-state index contributed by atoms with van der Waals surface area (Å²) < 4.78 is 15.0. The molecule has 0 spiro atoms. The quantitative estimate of drug-likeness (QED) is 0.601. The molecule has 0 saturated carbocycles. The second kappa shape index (κ2) is 10.9. The number of hydrogen-bond acceptors (Lipinski definition) is 6. The monoisotopic (exact) mass is 420 g/mol. The van der Waals surface area contributed by atoms with Gasteiger partial charge >= 0.3 is 5.97 Å². The number of amides is 2. The maximum Gasteiger partial charge on any atom is 0.325 e. The van der Waals surface area contributed by atoms with E-state index in [9.17, 15) is 14.4 Å². The average Bonchev–Trinajstić information content (AvgIpc) is 2.74. The Balaban J connectivity index is 1.75. The van der Waals surface area contributed by atoms with Crippen molar-refractivity contribution in [3.8, 4) is 11.5 Å². The first-order chi connectivity index (χ1) is 13.9. The fraction of sp³-hybridized carbons (Fsp3) is 0.250. The molecule has 0 heterocycles.